The first-order valence-corrected chi connectivity index (χ1v) is 8.37. The van der Waals surface area contributed by atoms with E-state index in [2.05, 4.69) is 12.2 Å². The standard InChI is InChI=1S/C18H26N2O3/c1-4-14-8-6-7-13(3)16(14)19-17(21)15-9-11-20(12-10-15)18(22)23-5-2/h6-8,15H,4-5,9-12H2,1-3H3,(H,19,21). The highest BCUT2D eigenvalue weighted by Crippen LogP contribution is 2.24. The monoisotopic (exact) mass is 318 g/mol. The van der Waals surface area contributed by atoms with E-state index in [1.54, 1.807) is 11.8 Å². The fourth-order valence-electron chi connectivity index (χ4n) is 2.97. The van der Waals surface area contributed by atoms with Gasteiger partial charge in [-0.2, -0.15) is 0 Å². The highest BCUT2D eigenvalue weighted by molar-refractivity contribution is 5.94. The molecule has 1 aliphatic rings. The van der Waals surface area contributed by atoms with Gasteiger partial charge in [0.25, 0.3) is 0 Å². The lowest BCUT2D eigenvalue weighted by molar-refractivity contribution is -0.121. The van der Waals surface area contributed by atoms with Crippen LogP contribution in [0.2, 0.25) is 0 Å². The van der Waals surface area contributed by atoms with Gasteiger partial charge in [0.15, 0.2) is 0 Å². The van der Waals surface area contributed by atoms with Crippen molar-refractivity contribution in [3.05, 3.63) is 29.3 Å². The van der Waals surface area contributed by atoms with Crippen LogP contribution in [0.4, 0.5) is 10.5 Å². The van der Waals surface area contributed by atoms with Gasteiger partial charge in [0.1, 0.15) is 0 Å². The van der Waals surface area contributed by atoms with Crippen LogP contribution in [0.3, 0.4) is 0 Å². The topological polar surface area (TPSA) is 58.6 Å². The van der Waals surface area contributed by atoms with E-state index < -0.39 is 0 Å². The van der Waals surface area contributed by atoms with Crippen molar-refractivity contribution >= 4 is 17.7 Å². The minimum absolute atomic E-state index is 0.0509. The molecule has 0 radical (unpaired) electrons. The SMILES string of the molecule is CCOC(=O)N1CCC(C(=O)Nc2c(C)cccc2CC)CC1. The molecule has 1 fully saturated rings. The van der Waals surface area contributed by atoms with E-state index in [0.717, 1.165) is 23.2 Å². The summed E-state index contributed by atoms with van der Waals surface area (Å²) in [5.74, 6) is 0.00231. The van der Waals surface area contributed by atoms with E-state index in [1.807, 2.05) is 25.1 Å². The van der Waals surface area contributed by atoms with Crippen molar-refractivity contribution in [3.8, 4) is 0 Å². The van der Waals surface area contributed by atoms with Crippen LogP contribution < -0.4 is 5.32 Å². The Morgan fingerprint density at radius 2 is 1.96 bits per heavy atom. The first-order chi connectivity index (χ1) is 11.1. The van der Waals surface area contributed by atoms with Crippen molar-refractivity contribution in [2.45, 2.75) is 40.0 Å². The van der Waals surface area contributed by atoms with Crippen LogP contribution in [0.5, 0.6) is 0 Å². The average molecular weight is 318 g/mol. The van der Waals surface area contributed by atoms with Gasteiger partial charge in [-0.15, -0.1) is 0 Å². The Kier molecular flexibility index (Phi) is 6.02. The Morgan fingerprint density at radius 3 is 2.57 bits per heavy atom. The lowest BCUT2D eigenvalue weighted by Crippen LogP contribution is -2.41. The predicted octanol–water partition coefficient (Wildman–Crippen LogP) is 3.36. The number of nitrogens with zero attached hydrogens (tertiary/aromatic N) is 1. The molecule has 1 saturated heterocycles. The summed E-state index contributed by atoms with van der Waals surface area (Å²) in [7, 11) is 0. The Balaban J connectivity index is 1.95. The molecule has 1 aromatic carbocycles. The largest absolute Gasteiger partial charge is 0.450 e. The van der Waals surface area contributed by atoms with Crippen LogP contribution in [0.25, 0.3) is 0 Å². The lowest BCUT2D eigenvalue weighted by Gasteiger charge is -2.30. The summed E-state index contributed by atoms with van der Waals surface area (Å²) < 4.78 is 5.01. The maximum absolute atomic E-state index is 12.5. The number of carbonyl (C=O) groups excluding carboxylic acids is 2. The number of carbonyl (C=O) groups is 2. The molecular weight excluding hydrogens is 292 g/mol. The molecule has 0 aromatic heterocycles. The molecule has 0 atom stereocenters. The summed E-state index contributed by atoms with van der Waals surface area (Å²) in [4.78, 5) is 25.9. The summed E-state index contributed by atoms with van der Waals surface area (Å²) in [6.07, 6.45) is 1.97. The molecule has 0 spiro atoms. The van der Waals surface area contributed by atoms with Crippen LogP contribution in [0.15, 0.2) is 18.2 Å². The summed E-state index contributed by atoms with van der Waals surface area (Å²) in [5.41, 5.74) is 3.18. The molecule has 1 aromatic rings. The van der Waals surface area contributed by atoms with Crippen LogP contribution in [0.1, 0.15) is 37.8 Å². The Bertz CT molecular complexity index is 563. The highest BCUT2D eigenvalue weighted by Gasteiger charge is 2.28. The second-order valence-corrected chi connectivity index (χ2v) is 5.91. The van der Waals surface area contributed by atoms with Crippen molar-refractivity contribution in [2.75, 3.05) is 25.0 Å². The minimum Gasteiger partial charge on any atom is -0.450 e. The second-order valence-electron chi connectivity index (χ2n) is 5.91. The van der Waals surface area contributed by atoms with Crippen molar-refractivity contribution < 1.29 is 14.3 Å². The van der Waals surface area contributed by atoms with Gasteiger partial charge in [-0.25, -0.2) is 4.79 Å². The normalized spacial score (nSPS) is 15.3. The second kappa shape index (κ2) is 7.99. The van der Waals surface area contributed by atoms with E-state index >= 15 is 0 Å². The van der Waals surface area contributed by atoms with Gasteiger partial charge in [-0.3, -0.25) is 4.79 Å². The van der Waals surface area contributed by atoms with Gasteiger partial charge >= 0.3 is 6.09 Å². The van der Waals surface area contributed by atoms with Gasteiger partial charge in [-0.05, 0) is 44.2 Å². The molecule has 5 heteroatoms. The molecule has 0 saturated carbocycles. The molecular formula is C18H26N2O3. The molecule has 2 amide bonds. The Labute approximate surface area is 138 Å². The van der Waals surface area contributed by atoms with Gasteiger partial charge in [0.05, 0.1) is 6.61 Å². The number of rotatable bonds is 4. The van der Waals surface area contributed by atoms with E-state index in [1.165, 1.54) is 0 Å². The highest BCUT2D eigenvalue weighted by atomic mass is 16.6. The smallest absolute Gasteiger partial charge is 0.409 e. The summed E-state index contributed by atoms with van der Waals surface area (Å²) in [6.45, 7) is 7.43. The van der Waals surface area contributed by atoms with Crippen LogP contribution in [-0.2, 0) is 16.0 Å². The first kappa shape index (κ1) is 17.3. The van der Waals surface area contributed by atoms with E-state index in [4.69, 9.17) is 4.74 Å². The fourth-order valence-corrected chi connectivity index (χ4v) is 2.97. The number of amides is 2. The van der Waals surface area contributed by atoms with Crippen molar-refractivity contribution in [1.29, 1.82) is 0 Å². The summed E-state index contributed by atoms with van der Waals surface area (Å²) in [5, 5.41) is 3.10. The molecule has 1 N–H and O–H groups in total. The zero-order chi connectivity index (χ0) is 16.8. The van der Waals surface area contributed by atoms with E-state index in [9.17, 15) is 9.59 Å². The average Bonchev–Trinajstić information content (AvgIpc) is 2.57. The number of hydrogen-bond donors (Lipinski definition) is 1. The number of benzene rings is 1. The van der Waals surface area contributed by atoms with E-state index in [-0.39, 0.29) is 17.9 Å². The Morgan fingerprint density at radius 1 is 1.26 bits per heavy atom. The number of likely N-dealkylation sites (tertiary alicyclic amines) is 1. The lowest BCUT2D eigenvalue weighted by atomic mass is 9.95. The number of nitrogens with one attached hydrogen (secondary N) is 1. The molecule has 0 bridgehead atoms. The van der Waals surface area contributed by atoms with Gasteiger partial charge < -0.3 is 15.0 Å². The van der Waals surface area contributed by atoms with Crippen molar-refractivity contribution in [2.24, 2.45) is 5.92 Å². The number of para-hydroxylation sites is 1. The molecule has 0 aliphatic carbocycles. The van der Waals surface area contributed by atoms with Crippen molar-refractivity contribution in [1.82, 2.24) is 4.90 Å². The van der Waals surface area contributed by atoms with Crippen LogP contribution >= 0.6 is 0 Å². The molecule has 1 aliphatic heterocycles. The molecule has 23 heavy (non-hydrogen) atoms. The van der Waals surface area contributed by atoms with Crippen molar-refractivity contribution in [3.63, 3.8) is 0 Å². The first-order valence-electron chi connectivity index (χ1n) is 8.37. The maximum atomic E-state index is 12.5. The van der Waals surface area contributed by atoms with Gasteiger partial charge in [-0.1, -0.05) is 25.1 Å². The summed E-state index contributed by atoms with van der Waals surface area (Å²) in [6, 6.07) is 6.08. The van der Waals surface area contributed by atoms with Gasteiger partial charge in [0, 0.05) is 24.7 Å². The number of aryl methyl sites for hydroxylation is 2. The third kappa shape index (κ3) is 4.24. The van der Waals surface area contributed by atoms with Crippen LogP contribution in [0, 0.1) is 12.8 Å². The minimum atomic E-state index is -0.279. The fraction of sp³-hybridized carbons (Fsp3) is 0.556. The third-order valence-electron chi connectivity index (χ3n) is 4.38. The molecule has 1 heterocycles. The third-order valence-corrected chi connectivity index (χ3v) is 4.38. The number of ether oxygens (including phenoxy) is 1. The molecule has 0 unspecified atom stereocenters. The van der Waals surface area contributed by atoms with E-state index in [0.29, 0.717) is 32.5 Å². The predicted molar refractivity (Wildman–Crippen MR) is 90.5 cm³/mol. The molecule has 5 nitrogen and oxygen atoms in total. The quantitative estimate of drug-likeness (QED) is 0.926. The van der Waals surface area contributed by atoms with Gasteiger partial charge in [0.2, 0.25) is 5.91 Å². The number of hydrogen-bond acceptors (Lipinski definition) is 3. The molecule has 2 rings (SSSR count). The van der Waals surface area contributed by atoms with Crippen LogP contribution in [-0.4, -0.2) is 36.6 Å². The Hall–Kier alpha value is -2.04. The number of piperidine rings is 1. The molecule has 126 valence electrons. The maximum Gasteiger partial charge on any atom is 0.409 e. The zero-order valence-corrected chi connectivity index (χ0v) is 14.2. The zero-order valence-electron chi connectivity index (χ0n) is 14.2. The number of anilines is 1. The summed E-state index contributed by atoms with van der Waals surface area (Å²) >= 11 is 0.